The molecular formula is C13H11N3. The topological polar surface area (TPSA) is 62.7 Å². The van der Waals surface area contributed by atoms with Gasteiger partial charge in [-0.3, -0.25) is 4.98 Å². The average molecular weight is 209 g/mol. The van der Waals surface area contributed by atoms with Crippen LogP contribution in [0.15, 0.2) is 42.6 Å². The first-order valence-electron chi connectivity index (χ1n) is 4.98. The second kappa shape index (κ2) is 4.45. The van der Waals surface area contributed by atoms with E-state index >= 15 is 0 Å². The van der Waals surface area contributed by atoms with Crippen molar-refractivity contribution in [2.24, 2.45) is 0 Å². The summed E-state index contributed by atoms with van der Waals surface area (Å²) in [6.07, 6.45) is 2.10. The first kappa shape index (κ1) is 10.2. The minimum absolute atomic E-state index is 0.367. The Morgan fingerprint density at radius 2 is 2.12 bits per heavy atom. The molecule has 0 saturated heterocycles. The lowest BCUT2D eigenvalue weighted by Gasteiger charge is -2.07. The largest absolute Gasteiger partial charge is 0.399 e. The number of nitrogens with zero attached hydrogens (tertiary/aromatic N) is 2. The summed E-state index contributed by atoms with van der Waals surface area (Å²) in [5.41, 5.74) is 9.17. The number of anilines is 1. The molecule has 3 nitrogen and oxygen atoms in total. The van der Waals surface area contributed by atoms with Gasteiger partial charge in [-0.05, 0) is 29.8 Å². The Balaban J connectivity index is 2.55. The van der Waals surface area contributed by atoms with Gasteiger partial charge in [-0.25, -0.2) is 0 Å². The standard InChI is InChI=1S/C13H11N3/c14-7-6-10-4-5-11(15)9-12(10)13-3-1-2-8-16-13/h1-5,8-9H,6,15H2. The fraction of sp³-hybridized carbons (Fsp3) is 0.0769. The van der Waals surface area contributed by atoms with E-state index in [0.29, 0.717) is 12.1 Å². The van der Waals surface area contributed by atoms with Crippen LogP contribution < -0.4 is 5.73 Å². The molecule has 0 bridgehead atoms. The molecule has 2 rings (SSSR count). The molecule has 2 N–H and O–H groups in total. The van der Waals surface area contributed by atoms with Gasteiger partial charge in [-0.1, -0.05) is 12.1 Å². The van der Waals surface area contributed by atoms with Gasteiger partial charge in [-0.15, -0.1) is 0 Å². The maximum Gasteiger partial charge on any atom is 0.0705 e. The van der Waals surface area contributed by atoms with Gasteiger partial charge in [0.1, 0.15) is 0 Å². The summed E-state index contributed by atoms with van der Waals surface area (Å²) >= 11 is 0. The number of rotatable bonds is 2. The molecule has 0 radical (unpaired) electrons. The summed E-state index contributed by atoms with van der Waals surface area (Å²) in [4.78, 5) is 4.27. The van der Waals surface area contributed by atoms with E-state index in [9.17, 15) is 0 Å². The zero-order chi connectivity index (χ0) is 11.4. The second-order valence-electron chi connectivity index (χ2n) is 3.47. The lowest BCUT2D eigenvalue weighted by Crippen LogP contribution is -1.93. The minimum atomic E-state index is 0.367. The Bertz CT molecular complexity index is 527. The molecule has 0 atom stereocenters. The summed E-state index contributed by atoms with van der Waals surface area (Å²) in [6.45, 7) is 0. The monoisotopic (exact) mass is 209 g/mol. The van der Waals surface area contributed by atoms with Crippen molar-refractivity contribution in [1.82, 2.24) is 4.98 Å². The van der Waals surface area contributed by atoms with Crippen LogP contribution in [0.5, 0.6) is 0 Å². The zero-order valence-corrected chi connectivity index (χ0v) is 8.72. The molecular weight excluding hydrogens is 198 g/mol. The van der Waals surface area contributed by atoms with Crippen molar-refractivity contribution in [1.29, 1.82) is 5.26 Å². The highest BCUT2D eigenvalue weighted by Crippen LogP contribution is 2.24. The third-order valence-electron chi connectivity index (χ3n) is 2.34. The van der Waals surface area contributed by atoms with Crippen LogP contribution in [0.25, 0.3) is 11.3 Å². The normalized spacial score (nSPS) is 9.69. The van der Waals surface area contributed by atoms with E-state index in [1.807, 2.05) is 30.3 Å². The van der Waals surface area contributed by atoms with Crippen molar-refractivity contribution in [2.75, 3.05) is 5.73 Å². The lowest BCUT2D eigenvalue weighted by molar-refractivity contribution is 1.24. The molecule has 0 saturated carbocycles. The summed E-state index contributed by atoms with van der Waals surface area (Å²) in [5.74, 6) is 0. The van der Waals surface area contributed by atoms with Gasteiger partial charge in [-0.2, -0.15) is 5.26 Å². The van der Waals surface area contributed by atoms with Gasteiger partial charge >= 0.3 is 0 Å². The van der Waals surface area contributed by atoms with Gasteiger partial charge in [0.05, 0.1) is 18.2 Å². The number of hydrogen-bond acceptors (Lipinski definition) is 3. The van der Waals surface area contributed by atoms with Crippen molar-refractivity contribution < 1.29 is 0 Å². The third kappa shape index (κ3) is 2.01. The fourth-order valence-electron chi connectivity index (χ4n) is 1.59. The fourth-order valence-corrected chi connectivity index (χ4v) is 1.59. The first-order chi connectivity index (χ1) is 7.81. The van der Waals surface area contributed by atoms with Crippen LogP contribution >= 0.6 is 0 Å². The number of pyridine rings is 1. The van der Waals surface area contributed by atoms with Gasteiger partial charge in [0.15, 0.2) is 0 Å². The number of nitriles is 1. The maximum absolute atomic E-state index is 8.76. The van der Waals surface area contributed by atoms with Crippen LogP contribution in [0.2, 0.25) is 0 Å². The average Bonchev–Trinajstić information content (AvgIpc) is 2.33. The predicted octanol–water partition coefficient (Wildman–Crippen LogP) is 2.40. The summed E-state index contributed by atoms with van der Waals surface area (Å²) < 4.78 is 0. The number of nitrogens with two attached hydrogens (primary N) is 1. The van der Waals surface area contributed by atoms with Crippen LogP contribution in [0, 0.1) is 11.3 Å². The summed E-state index contributed by atoms with van der Waals surface area (Å²) in [7, 11) is 0. The number of aromatic nitrogens is 1. The van der Waals surface area contributed by atoms with Gasteiger partial charge in [0.25, 0.3) is 0 Å². The van der Waals surface area contributed by atoms with Crippen molar-refractivity contribution in [2.45, 2.75) is 6.42 Å². The van der Waals surface area contributed by atoms with Crippen molar-refractivity contribution in [3.8, 4) is 17.3 Å². The first-order valence-corrected chi connectivity index (χ1v) is 4.98. The van der Waals surface area contributed by atoms with Gasteiger partial charge in [0.2, 0.25) is 0 Å². The third-order valence-corrected chi connectivity index (χ3v) is 2.34. The molecule has 0 aliphatic carbocycles. The van der Waals surface area contributed by atoms with E-state index in [-0.39, 0.29) is 0 Å². The van der Waals surface area contributed by atoms with Crippen LogP contribution in [0.1, 0.15) is 5.56 Å². The van der Waals surface area contributed by atoms with Gasteiger partial charge in [0, 0.05) is 17.4 Å². The molecule has 1 heterocycles. The molecule has 3 heteroatoms. The lowest BCUT2D eigenvalue weighted by atomic mass is 10.0. The molecule has 0 aliphatic heterocycles. The number of benzene rings is 1. The Hall–Kier alpha value is -2.34. The van der Waals surface area contributed by atoms with Crippen LogP contribution in [0.3, 0.4) is 0 Å². The van der Waals surface area contributed by atoms with Crippen LogP contribution in [0.4, 0.5) is 5.69 Å². The maximum atomic E-state index is 8.76. The van der Waals surface area contributed by atoms with E-state index in [2.05, 4.69) is 11.1 Å². The SMILES string of the molecule is N#CCc1ccc(N)cc1-c1ccccn1. The van der Waals surface area contributed by atoms with Crippen LogP contribution in [-0.2, 0) is 6.42 Å². The molecule has 2 aromatic rings. The highest BCUT2D eigenvalue weighted by molar-refractivity contribution is 5.68. The molecule has 0 amide bonds. The molecule has 1 aromatic heterocycles. The second-order valence-corrected chi connectivity index (χ2v) is 3.47. The van der Waals surface area contributed by atoms with Gasteiger partial charge < -0.3 is 5.73 Å². The Morgan fingerprint density at radius 3 is 2.81 bits per heavy atom. The predicted molar refractivity (Wildman–Crippen MR) is 63.4 cm³/mol. The minimum Gasteiger partial charge on any atom is -0.399 e. The summed E-state index contributed by atoms with van der Waals surface area (Å²) in [6, 6.07) is 13.4. The van der Waals surface area contributed by atoms with Crippen molar-refractivity contribution in [3.05, 3.63) is 48.2 Å². The highest BCUT2D eigenvalue weighted by Gasteiger charge is 2.06. The summed E-state index contributed by atoms with van der Waals surface area (Å²) in [5, 5.41) is 8.76. The molecule has 0 aliphatic rings. The van der Waals surface area contributed by atoms with Crippen molar-refractivity contribution in [3.63, 3.8) is 0 Å². The van der Waals surface area contributed by atoms with Crippen molar-refractivity contribution >= 4 is 5.69 Å². The Morgan fingerprint density at radius 1 is 1.25 bits per heavy atom. The molecule has 0 fully saturated rings. The molecule has 0 unspecified atom stereocenters. The molecule has 0 spiro atoms. The van der Waals surface area contributed by atoms with E-state index in [0.717, 1.165) is 16.8 Å². The molecule has 78 valence electrons. The number of hydrogen-bond donors (Lipinski definition) is 1. The Kier molecular flexibility index (Phi) is 2.84. The smallest absolute Gasteiger partial charge is 0.0705 e. The number of nitrogen functional groups attached to an aromatic ring is 1. The van der Waals surface area contributed by atoms with Crippen LogP contribution in [-0.4, -0.2) is 4.98 Å². The Labute approximate surface area is 94.2 Å². The van der Waals surface area contributed by atoms with E-state index in [1.165, 1.54) is 0 Å². The van der Waals surface area contributed by atoms with E-state index in [1.54, 1.807) is 12.3 Å². The quantitative estimate of drug-likeness (QED) is 0.772. The van der Waals surface area contributed by atoms with E-state index < -0.39 is 0 Å². The zero-order valence-electron chi connectivity index (χ0n) is 8.72. The molecule has 1 aromatic carbocycles. The molecule has 16 heavy (non-hydrogen) atoms. The van der Waals surface area contributed by atoms with E-state index in [4.69, 9.17) is 11.0 Å². The highest BCUT2D eigenvalue weighted by atomic mass is 14.7.